The fourth-order valence-corrected chi connectivity index (χ4v) is 1.55. The number of phenols is 1. The van der Waals surface area contributed by atoms with Gasteiger partial charge in [0.25, 0.3) is 0 Å². The first kappa shape index (κ1) is 15.9. The van der Waals surface area contributed by atoms with Gasteiger partial charge >= 0.3 is 5.97 Å². The van der Waals surface area contributed by atoms with Gasteiger partial charge in [0.2, 0.25) is 0 Å². The van der Waals surface area contributed by atoms with Gasteiger partial charge in [0.05, 0.1) is 11.7 Å². The molecule has 0 aliphatic heterocycles. The van der Waals surface area contributed by atoms with Crippen LogP contribution < -0.4 is 5.32 Å². The van der Waals surface area contributed by atoms with Crippen LogP contribution in [0.5, 0.6) is 5.75 Å². The van der Waals surface area contributed by atoms with Crippen molar-refractivity contribution in [1.82, 2.24) is 5.32 Å². The third kappa shape index (κ3) is 4.77. The van der Waals surface area contributed by atoms with E-state index in [1.165, 1.54) is 12.1 Å². The van der Waals surface area contributed by atoms with E-state index in [1.807, 2.05) is 20.8 Å². The molecule has 19 heavy (non-hydrogen) atoms. The van der Waals surface area contributed by atoms with E-state index in [0.29, 0.717) is 5.56 Å². The summed E-state index contributed by atoms with van der Waals surface area (Å²) in [7, 11) is 0. The summed E-state index contributed by atoms with van der Waals surface area (Å²) >= 11 is 0. The monoisotopic (exact) mass is 271 g/mol. The second-order valence-corrected chi connectivity index (χ2v) is 5.56. The number of hydrogen-bond acceptors (Lipinski definition) is 6. The van der Waals surface area contributed by atoms with Gasteiger partial charge in [0, 0.05) is 12.1 Å². The van der Waals surface area contributed by atoms with Crippen molar-refractivity contribution >= 4 is 0 Å². The van der Waals surface area contributed by atoms with Gasteiger partial charge in [-0.15, -0.1) is 0 Å². The van der Waals surface area contributed by atoms with Gasteiger partial charge in [-0.1, -0.05) is 6.07 Å². The highest BCUT2D eigenvalue weighted by Crippen LogP contribution is 2.28. The maximum atomic E-state index is 9.98. The lowest BCUT2D eigenvalue weighted by atomic mass is 10.0. The number of hydrogen-bond donors (Lipinski definition) is 6. The summed E-state index contributed by atoms with van der Waals surface area (Å²) in [5, 5.41) is 49.8. The molecule has 0 aromatic heterocycles. The van der Waals surface area contributed by atoms with Crippen LogP contribution in [0.3, 0.4) is 0 Å². The summed E-state index contributed by atoms with van der Waals surface area (Å²) in [6, 6.07) is 3.77. The third-order valence-corrected chi connectivity index (χ3v) is 2.59. The number of aromatic hydroxyl groups is 1. The summed E-state index contributed by atoms with van der Waals surface area (Å²) in [6.45, 7) is 6.09. The maximum Gasteiger partial charge on any atom is 0.308 e. The molecule has 1 aromatic rings. The van der Waals surface area contributed by atoms with Crippen molar-refractivity contribution in [2.75, 3.05) is 6.54 Å². The molecule has 1 rings (SSSR count). The van der Waals surface area contributed by atoms with E-state index in [9.17, 15) is 10.2 Å². The van der Waals surface area contributed by atoms with Crippen molar-refractivity contribution in [3.63, 3.8) is 0 Å². The van der Waals surface area contributed by atoms with Crippen molar-refractivity contribution in [2.45, 2.75) is 38.4 Å². The van der Waals surface area contributed by atoms with E-state index < -0.39 is 23.4 Å². The topological polar surface area (TPSA) is 113 Å². The van der Waals surface area contributed by atoms with Crippen LogP contribution >= 0.6 is 0 Å². The molecule has 1 aromatic carbocycles. The minimum absolute atomic E-state index is 0.171. The molecular weight excluding hydrogens is 250 g/mol. The molecule has 0 amide bonds. The fourth-order valence-electron chi connectivity index (χ4n) is 1.55. The Morgan fingerprint density at radius 3 is 2.21 bits per heavy atom. The zero-order valence-corrected chi connectivity index (χ0v) is 11.3. The molecule has 0 aliphatic carbocycles. The minimum Gasteiger partial charge on any atom is -0.507 e. The second kappa shape index (κ2) is 5.44. The number of nitrogens with one attached hydrogen (secondary N) is 1. The van der Waals surface area contributed by atoms with Crippen LogP contribution in [0.1, 0.15) is 38.0 Å². The maximum absolute atomic E-state index is 9.98. The Morgan fingerprint density at radius 2 is 1.74 bits per heavy atom. The van der Waals surface area contributed by atoms with E-state index in [2.05, 4.69) is 5.32 Å². The number of rotatable bonds is 4. The van der Waals surface area contributed by atoms with Gasteiger partial charge in [-0.2, -0.15) is 0 Å². The van der Waals surface area contributed by atoms with E-state index >= 15 is 0 Å². The molecule has 1 atom stereocenters. The molecule has 0 saturated carbocycles. The van der Waals surface area contributed by atoms with Gasteiger partial charge in [-0.25, -0.2) is 0 Å². The van der Waals surface area contributed by atoms with E-state index in [0.717, 1.165) is 6.07 Å². The van der Waals surface area contributed by atoms with Crippen molar-refractivity contribution < 1.29 is 25.5 Å². The van der Waals surface area contributed by atoms with E-state index in [4.69, 9.17) is 15.3 Å². The first-order chi connectivity index (χ1) is 8.50. The first-order valence-electron chi connectivity index (χ1n) is 5.94. The predicted molar refractivity (Wildman–Crippen MR) is 69.2 cm³/mol. The van der Waals surface area contributed by atoms with Gasteiger partial charge in [-0.05, 0) is 38.5 Å². The highest BCUT2D eigenvalue weighted by molar-refractivity contribution is 5.38. The molecular formula is C13H21NO5. The molecule has 0 spiro atoms. The summed E-state index contributed by atoms with van der Waals surface area (Å²) in [5.74, 6) is -3.61. The number of aliphatic hydroxyl groups excluding tert-OH is 1. The Morgan fingerprint density at radius 1 is 1.16 bits per heavy atom. The van der Waals surface area contributed by atoms with Gasteiger partial charge < -0.3 is 30.8 Å². The number of aliphatic hydroxyl groups is 4. The lowest BCUT2D eigenvalue weighted by molar-refractivity contribution is -0.324. The van der Waals surface area contributed by atoms with Crippen LogP contribution in [-0.4, -0.2) is 37.6 Å². The molecule has 0 fully saturated rings. The van der Waals surface area contributed by atoms with Gasteiger partial charge in [-0.3, -0.25) is 0 Å². The normalized spacial score (nSPS) is 14.5. The molecule has 0 radical (unpaired) electrons. The Hall–Kier alpha value is -1.18. The Kier molecular flexibility index (Phi) is 4.54. The smallest absolute Gasteiger partial charge is 0.308 e. The minimum atomic E-state index is -3.14. The highest BCUT2D eigenvalue weighted by atomic mass is 16.7. The average Bonchev–Trinajstić information content (AvgIpc) is 2.24. The SMILES string of the molecule is CC(C)(C)NC[C@@H](O)c1ccc(O)c(C(O)(O)O)c1. The lowest BCUT2D eigenvalue weighted by Gasteiger charge is -2.24. The number of β-amino-alcohol motifs (C(OH)–C–C–N with tert-alkyl or cyclic N) is 1. The average molecular weight is 271 g/mol. The molecule has 0 heterocycles. The zero-order valence-electron chi connectivity index (χ0n) is 11.3. The van der Waals surface area contributed by atoms with Crippen LogP contribution in [0.2, 0.25) is 0 Å². The summed E-state index contributed by atoms with van der Waals surface area (Å²) < 4.78 is 0. The standard InChI is InChI=1S/C13H21NO5/c1-12(2,3)14-7-11(16)8-4-5-10(15)9(6-8)13(17,18)19/h4-6,11,14-19H,7H2,1-3H3/t11-/m1/s1. The molecule has 0 unspecified atom stereocenters. The molecule has 0 saturated heterocycles. The fraction of sp³-hybridized carbons (Fsp3) is 0.538. The highest BCUT2D eigenvalue weighted by Gasteiger charge is 2.27. The van der Waals surface area contributed by atoms with E-state index in [1.54, 1.807) is 0 Å². The van der Waals surface area contributed by atoms with Crippen LogP contribution in [-0.2, 0) is 5.97 Å². The molecule has 0 bridgehead atoms. The Labute approximate surface area is 112 Å². The van der Waals surface area contributed by atoms with Crippen LogP contribution in [0, 0.1) is 0 Å². The zero-order chi connectivity index (χ0) is 14.8. The Bertz CT molecular complexity index is 434. The molecule has 6 heteroatoms. The summed E-state index contributed by atoms with van der Waals surface area (Å²) in [4.78, 5) is 0. The molecule has 0 aliphatic rings. The van der Waals surface area contributed by atoms with E-state index in [-0.39, 0.29) is 12.1 Å². The van der Waals surface area contributed by atoms with Crippen LogP contribution in [0.4, 0.5) is 0 Å². The molecule has 108 valence electrons. The second-order valence-electron chi connectivity index (χ2n) is 5.56. The van der Waals surface area contributed by atoms with Gasteiger partial charge in [0.15, 0.2) is 0 Å². The summed E-state index contributed by atoms with van der Waals surface area (Å²) in [6.07, 6.45) is -0.902. The Balaban J connectivity index is 2.90. The largest absolute Gasteiger partial charge is 0.507 e. The summed E-state index contributed by atoms with van der Waals surface area (Å²) in [5.41, 5.74) is -0.291. The van der Waals surface area contributed by atoms with Crippen LogP contribution in [0.15, 0.2) is 18.2 Å². The van der Waals surface area contributed by atoms with Crippen molar-refractivity contribution in [2.24, 2.45) is 0 Å². The van der Waals surface area contributed by atoms with Crippen molar-refractivity contribution in [3.8, 4) is 5.75 Å². The molecule has 6 N–H and O–H groups in total. The quantitative estimate of drug-likeness (QED) is 0.426. The first-order valence-corrected chi connectivity index (χ1v) is 5.94. The predicted octanol–water partition coefficient (Wildman–Crippen LogP) is -0.0991. The van der Waals surface area contributed by atoms with Crippen LogP contribution in [0.25, 0.3) is 0 Å². The van der Waals surface area contributed by atoms with Crippen molar-refractivity contribution in [3.05, 3.63) is 29.3 Å². The number of benzene rings is 1. The molecule has 6 nitrogen and oxygen atoms in total. The third-order valence-electron chi connectivity index (χ3n) is 2.59. The number of phenolic OH excluding ortho intramolecular Hbond substituents is 1. The van der Waals surface area contributed by atoms with Crippen molar-refractivity contribution in [1.29, 1.82) is 0 Å². The van der Waals surface area contributed by atoms with Gasteiger partial charge in [0.1, 0.15) is 5.75 Å². The lowest BCUT2D eigenvalue weighted by Crippen LogP contribution is -2.38.